The number of hydrogen-bond acceptors (Lipinski definition) is 5. The number of ether oxygens (including phenoxy) is 1. The van der Waals surface area contributed by atoms with Crippen LogP contribution in [0.3, 0.4) is 0 Å². The van der Waals surface area contributed by atoms with Crippen molar-refractivity contribution in [2.45, 2.75) is 38.9 Å². The molecule has 152 valence electrons. The highest BCUT2D eigenvalue weighted by Gasteiger charge is 2.51. The number of rotatable bonds is 4. The number of aryl methyl sites for hydroxylation is 1. The molecule has 3 heterocycles. The summed E-state index contributed by atoms with van der Waals surface area (Å²) in [5.74, 6) is 0.374. The first kappa shape index (κ1) is 20.0. The van der Waals surface area contributed by atoms with E-state index in [1.54, 1.807) is 18.4 Å². The molecule has 8 heteroatoms. The molecule has 0 atom stereocenters. The van der Waals surface area contributed by atoms with E-state index in [0.29, 0.717) is 17.1 Å². The number of nitrogens with one attached hydrogen (secondary N) is 1. The van der Waals surface area contributed by atoms with Crippen LogP contribution in [0.25, 0.3) is 10.2 Å². The second kappa shape index (κ2) is 6.90. The molecule has 29 heavy (non-hydrogen) atoms. The van der Waals surface area contributed by atoms with Crippen molar-refractivity contribution >= 4 is 45.7 Å². The van der Waals surface area contributed by atoms with E-state index in [1.165, 1.54) is 0 Å². The summed E-state index contributed by atoms with van der Waals surface area (Å²) >= 11 is 1.61. The van der Waals surface area contributed by atoms with Crippen molar-refractivity contribution in [1.29, 1.82) is 0 Å². The highest BCUT2D eigenvalue weighted by atomic mass is 32.1. The zero-order valence-electron chi connectivity index (χ0n) is 17.5. The smallest absolute Gasteiger partial charge is 0.494 e. The SMILES string of the molecule is COc1cc(B2OC(C)(C)C(C)(C)O2)ccc1NC(=O)c1cc2ccsc2n1C. The van der Waals surface area contributed by atoms with Crippen LogP contribution in [-0.2, 0) is 16.4 Å². The molecule has 1 aliphatic heterocycles. The van der Waals surface area contributed by atoms with Crippen LogP contribution in [0.2, 0.25) is 0 Å². The predicted molar refractivity (Wildman–Crippen MR) is 117 cm³/mol. The number of thiophene rings is 1. The van der Waals surface area contributed by atoms with E-state index in [0.717, 1.165) is 15.7 Å². The maximum atomic E-state index is 12.8. The van der Waals surface area contributed by atoms with Crippen molar-refractivity contribution < 1.29 is 18.8 Å². The third-order valence-corrected chi connectivity index (χ3v) is 6.87. The lowest BCUT2D eigenvalue weighted by Gasteiger charge is -2.32. The topological polar surface area (TPSA) is 61.7 Å². The number of methoxy groups -OCH3 is 1. The Morgan fingerprint density at radius 3 is 2.45 bits per heavy atom. The number of amides is 1. The summed E-state index contributed by atoms with van der Waals surface area (Å²) in [5, 5.41) is 6.04. The summed E-state index contributed by atoms with van der Waals surface area (Å²) in [6.07, 6.45) is 0. The molecule has 1 saturated heterocycles. The van der Waals surface area contributed by atoms with E-state index < -0.39 is 18.3 Å². The van der Waals surface area contributed by atoms with Crippen molar-refractivity contribution in [1.82, 2.24) is 4.57 Å². The first-order chi connectivity index (χ1) is 13.6. The molecule has 1 aromatic carbocycles. The molecular weight excluding hydrogens is 387 g/mol. The average Bonchev–Trinajstić information content (AvgIpc) is 3.29. The van der Waals surface area contributed by atoms with Gasteiger partial charge in [-0.2, -0.15) is 0 Å². The Bertz CT molecular complexity index is 1070. The Hall–Kier alpha value is -2.29. The molecular formula is C21H25BN2O4S. The number of carbonyl (C=O) groups excluding carboxylic acids is 1. The summed E-state index contributed by atoms with van der Waals surface area (Å²) in [5.41, 5.74) is 1.21. The number of hydrogen-bond donors (Lipinski definition) is 1. The molecule has 1 N–H and O–H groups in total. The number of carbonyl (C=O) groups is 1. The van der Waals surface area contributed by atoms with E-state index in [4.69, 9.17) is 14.0 Å². The fourth-order valence-electron chi connectivity index (χ4n) is 3.39. The number of benzene rings is 1. The van der Waals surface area contributed by atoms with Gasteiger partial charge in [0.2, 0.25) is 0 Å². The first-order valence-electron chi connectivity index (χ1n) is 9.51. The van der Waals surface area contributed by atoms with Gasteiger partial charge in [0.25, 0.3) is 5.91 Å². The molecule has 1 amide bonds. The van der Waals surface area contributed by atoms with Crippen LogP contribution in [-0.4, -0.2) is 35.9 Å². The van der Waals surface area contributed by atoms with Gasteiger partial charge in [-0.1, -0.05) is 6.07 Å². The lowest BCUT2D eigenvalue weighted by molar-refractivity contribution is 0.00578. The molecule has 0 unspecified atom stereocenters. The third-order valence-electron chi connectivity index (χ3n) is 5.86. The Balaban J connectivity index is 1.58. The van der Waals surface area contributed by atoms with E-state index >= 15 is 0 Å². The van der Waals surface area contributed by atoms with Crippen LogP contribution < -0.4 is 15.5 Å². The van der Waals surface area contributed by atoms with Gasteiger partial charge in [0.1, 0.15) is 16.3 Å². The predicted octanol–water partition coefficient (Wildman–Crippen LogP) is 3.80. The number of fused-ring (bicyclic) bond motifs is 1. The van der Waals surface area contributed by atoms with E-state index in [-0.39, 0.29) is 5.91 Å². The maximum Gasteiger partial charge on any atom is 0.494 e. The zero-order chi connectivity index (χ0) is 21.0. The number of anilines is 1. The van der Waals surface area contributed by atoms with Gasteiger partial charge >= 0.3 is 7.12 Å². The second-order valence-corrected chi connectivity index (χ2v) is 9.17. The third kappa shape index (κ3) is 3.35. The minimum Gasteiger partial charge on any atom is -0.495 e. The van der Waals surface area contributed by atoms with E-state index in [9.17, 15) is 4.79 Å². The van der Waals surface area contributed by atoms with Gasteiger partial charge < -0.3 is 23.9 Å². The van der Waals surface area contributed by atoms with Crippen molar-refractivity contribution in [3.63, 3.8) is 0 Å². The lowest BCUT2D eigenvalue weighted by Crippen LogP contribution is -2.41. The molecule has 1 aliphatic rings. The summed E-state index contributed by atoms with van der Waals surface area (Å²) in [4.78, 5) is 13.9. The van der Waals surface area contributed by atoms with Crippen LogP contribution in [0.1, 0.15) is 38.2 Å². The molecule has 0 spiro atoms. The Labute approximate surface area is 174 Å². The van der Waals surface area contributed by atoms with Gasteiger partial charge in [-0.05, 0) is 62.8 Å². The fraction of sp³-hybridized carbons (Fsp3) is 0.381. The minimum absolute atomic E-state index is 0.183. The van der Waals surface area contributed by atoms with Gasteiger partial charge in [0, 0.05) is 12.4 Å². The molecule has 0 bridgehead atoms. The molecule has 1 fully saturated rings. The summed E-state index contributed by atoms with van der Waals surface area (Å²) in [6, 6.07) is 9.47. The van der Waals surface area contributed by atoms with Crippen LogP contribution in [0.4, 0.5) is 5.69 Å². The van der Waals surface area contributed by atoms with Gasteiger partial charge in [-0.25, -0.2) is 0 Å². The minimum atomic E-state index is -0.488. The Morgan fingerprint density at radius 2 is 1.83 bits per heavy atom. The van der Waals surface area contributed by atoms with Gasteiger partial charge in [-0.15, -0.1) is 11.3 Å². The standard InChI is InChI=1S/C21H25BN2O4S/c1-20(2)21(3,4)28-22(27-20)14-7-8-15(17(12-14)26-6)23-18(25)16-11-13-9-10-29-19(13)24(16)5/h7-12H,1-6H3,(H,23,25). The van der Waals surface area contributed by atoms with Gasteiger partial charge in [0.05, 0.1) is 24.0 Å². The monoisotopic (exact) mass is 412 g/mol. The van der Waals surface area contributed by atoms with Gasteiger partial charge in [0.15, 0.2) is 0 Å². The maximum absolute atomic E-state index is 12.8. The Morgan fingerprint density at radius 1 is 1.14 bits per heavy atom. The molecule has 2 aromatic heterocycles. The molecule has 4 rings (SSSR count). The van der Waals surface area contributed by atoms with Crippen molar-refractivity contribution in [3.05, 3.63) is 41.4 Å². The zero-order valence-corrected chi connectivity index (χ0v) is 18.3. The fourth-order valence-corrected chi connectivity index (χ4v) is 4.25. The van der Waals surface area contributed by atoms with E-state index in [1.807, 2.05) is 75.0 Å². The normalized spacial score (nSPS) is 17.7. The van der Waals surface area contributed by atoms with Crippen LogP contribution >= 0.6 is 11.3 Å². The number of nitrogens with zero attached hydrogens (tertiary/aromatic N) is 1. The lowest BCUT2D eigenvalue weighted by atomic mass is 9.79. The quantitative estimate of drug-likeness (QED) is 0.663. The van der Waals surface area contributed by atoms with Crippen LogP contribution in [0, 0.1) is 0 Å². The number of aromatic nitrogens is 1. The first-order valence-corrected chi connectivity index (χ1v) is 10.4. The molecule has 0 aliphatic carbocycles. The molecule has 3 aromatic rings. The summed E-state index contributed by atoms with van der Waals surface area (Å²) in [6.45, 7) is 8.07. The van der Waals surface area contributed by atoms with Crippen molar-refractivity contribution in [3.8, 4) is 5.75 Å². The van der Waals surface area contributed by atoms with Crippen molar-refractivity contribution in [2.75, 3.05) is 12.4 Å². The average molecular weight is 412 g/mol. The second-order valence-electron chi connectivity index (χ2n) is 8.27. The van der Waals surface area contributed by atoms with E-state index in [2.05, 4.69) is 5.32 Å². The molecule has 0 radical (unpaired) electrons. The van der Waals surface area contributed by atoms with Crippen molar-refractivity contribution in [2.24, 2.45) is 7.05 Å². The highest BCUT2D eigenvalue weighted by molar-refractivity contribution is 7.16. The largest absolute Gasteiger partial charge is 0.495 e. The van der Waals surface area contributed by atoms with Gasteiger partial charge in [-0.3, -0.25) is 4.79 Å². The molecule has 6 nitrogen and oxygen atoms in total. The van der Waals surface area contributed by atoms with Crippen LogP contribution in [0.5, 0.6) is 5.75 Å². The molecule has 0 saturated carbocycles. The highest BCUT2D eigenvalue weighted by Crippen LogP contribution is 2.37. The summed E-state index contributed by atoms with van der Waals surface area (Å²) < 4.78 is 19.7. The van der Waals surface area contributed by atoms with Crippen LogP contribution in [0.15, 0.2) is 35.7 Å². The summed E-state index contributed by atoms with van der Waals surface area (Å²) in [7, 11) is 2.99. The Kier molecular flexibility index (Phi) is 4.76.